The van der Waals surface area contributed by atoms with Gasteiger partial charge in [-0.15, -0.1) is 0 Å². The fourth-order valence-electron chi connectivity index (χ4n) is 2.01. The van der Waals surface area contributed by atoms with E-state index in [9.17, 15) is 0 Å². The third-order valence-corrected chi connectivity index (χ3v) is 3.80. The second-order valence-corrected chi connectivity index (χ2v) is 6.34. The summed E-state index contributed by atoms with van der Waals surface area (Å²) in [4.78, 5) is 4.40. The van der Waals surface area contributed by atoms with Gasteiger partial charge in [0.25, 0.3) is 0 Å². The molecule has 0 saturated heterocycles. The highest BCUT2D eigenvalue weighted by Crippen LogP contribution is 2.36. The van der Waals surface area contributed by atoms with Crippen molar-refractivity contribution >= 4 is 39.9 Å². The molecule has 0 atom stereocenters. The molecule has 96 valence electrons. The van der Waals surface area contributed by atoms with Gasteiger partial charge in [-0.25, -0.2) is 4.98 Å². The number of hydrogen-bond acceptors (Lipinski definition) is 2. The van der Waals surface area contributed by atoms with Crippen LogP contribution in [-0.2, 0) is 5.41 Å². The van der Waals surface area contributed by atoms with E-state index < -0.39 is 0 Å². The number of nitrogens with two attached hydrogens (primary N) is 1. The van der Waals surface area contributed by atoms with E-state index in [1.54, 1.807) is 0 Å². The first-order chi connectivity index (χ1) is 8.21. The van der Waals surface area contributed by atoms with Crippen molar-refractivity contribution in [2.45, 2.75) is 33.1 Å². The highest BCUT2D eigenvalue weighted by molar-refractivity contribution is 6.40. The molecule has 0 radical (unpaired) electrons. The number of hydrogen-bond donors (Lipinski definition) is 1. The molecular formula is C14H16Cl2N2. The SMILES string of the molecule is Cc1cc(Cl)c2nc(N)c(C(C)(C)C)cc2c1Cl. The summed E-state index contributed by atoms with van der Waals surface area (Å²) in [6, 6.07) is 3.81. The molecule has 1 aromatic heterocycles. The van der Waals surface area contributed by atoms with Crippen LogP contribution in [0.4, 0.5) is 5.82 Å². The Hall–Kier alpha value is -0.990. The molecule has 0 spiro atoms. The van der Waals surface area contributed by atoms with Crippen LogP contribution >= 0.6 is 23.2 Å². The first-order valence-electron chi connectivity index (χ1n) is 5.77. The maximum Gasteiger partial charge on any atom is 0.127 e. The fourth-order valence-corrected chi connectivity index (χ4v) is 2.52. The third kappa shape index (κ3) is 2.15. The van der Waals surface area contributed by atoms with Crippen molar-refractivity contribution in [2.24, 2.45) is 0 Å². The van der Waals surface area contributed by atoms with Crippen LogP contribution in [0.15, 0.2) is 12.1 Å². The van der Waals surface area contributed by atoms with Crippen molar-refractivity contribution in [3.8, 4) is 0 Å². The number of halogens is 2. The monoisotopic (exact) mass is 282 g/mol. The third-order valence-electron chi connectivity index (χ3n) is 3.01. The molecule has 0 aliphatic rings. The predicted molar refractivity (Wildman–Crippen MR) is 79.6 cm³/mol. The van der Waals surface area contributed by atoms with Gasteiger partial charge in [0.05, 0.1) is 15.6 Å². The topological polar surface area (TPSA) is 38.9 Å². The van der Waals surface area contributed by atoms with Gasteiger partial charge in [0, 0.05) is 10.9 Å². The van der Waals surface area contributed by atoms with Gasteiger partial charge in [-0.2, -0.15) is 0 Å². The van der Waals surface area contributed by atoms with Crippen LogP contribution in [-0.4, -0.2) is 4.98 Å². The van der Waals surface area contributed by atoms with Gasteiger partial charge in [0.2, 0.25) is 0 Å². The number of anilines is 1. The lowest BCUT2D eigenvalue weighted by Crippen LogP contribution is -2.15. The number of pyridine rings is 1. The molecule has 2 N–H and O–H groups in total. The summed E-state index contributed by atoms with van der Waals surface area (Å²) in [5.41, 5.74) is 8.53. The summed E-state index contributed by atoms with van der Waals surface area (Å²) in [6.45, 7) is 8.22. The smallest absolute Gasteiger partial charge is 0.127 e. The molecule has 4 heteroatoms. The highest BCUT2D eigenvalue weighted by atomic mass is 35.5. The van der Waals surface area contributed by atoms with Gasteiger partial charge in [0.15, 0.2) is 0 Å². The molecule has 0 aliphatic carbocycles. The fraction of sp³-hybridized carbons (Fsp3) is 0.357. The van der Waals surface area contributed by atoms with Crippen LogP contribution in [0.1, 0.15) is 31.9 Å². The Bertz CT molecular complexity index is 628. The second-order valence-electron chi connectivity index (χ2n) is 5.56. The molecule has 1 heterocycles. The number of nitrogen functional groups attached to an aromatic ring is 1. The predicted octanol–water partition coefficient (Wildman–Crippen LogP) is 4.73. The van der Waals surface area contributed by atoms with E-state index in [-0.39, 0.29) is 5.41 Å². The average Bonchev–Trinajstić information content (AvgIpc) is 2.24. The Labute approximate surface area is 117 Å². The van der Waals surface area contributed by atoms with Gasteiger partial charge >= 0.3 is 0 Å². The molecular weight excluding hydrogens is 267 g/mol. The number of rotatable bonds is 0. The molecule has 2 nitrogen and oxygen atoms in total. The number of nitrogens with zero attached hydrogens (tertiary/aromatic N) is 1. The van der Waals surface area contributed by atoms with E-state index in [0.717, 1.165) is 16.5 Å². The van der Waals surface area contributed by atoms with Crippen LogP contribution in [0, 0.1) is 6.92 Å². The van der Waals surface area contributed by atoms with Crippen molar-refractivity contribution in [1.29, 1.82) is 0 Å². The van der Waals surface area contributed by atoms with Crippen LogP contribution < -0.4 is 5.73 Å². The molecule has 0 amide bonds. The quantitative estimate of drug-likeness (QED) is 0.759. The molecule has 18 heavy (non-hydrogen) atoms. The first kappa shape index (κ1) is 13.4. The van der Waals surface area contributed by atoms with Gasteiger partial charge in [-0.1, -0.05) is 44.0 Å². The number of aryl methyl sites for hydroxylation is 1. The van der Waals surface area contributed by atoms with Crippen LogP contribution in [0.5, 0.6) is 0 Å². The van der Waals surface area contributed by atoms with Crippen molar-refractivity contribution in [3.63, 3.8) is 0 Å². The minimum absolute atomic E-state index is 0.0785. The molecule has 1 aromatic carbocycles. The highest BCUT2D eigenvalue weighted by Gasteiger charge is 2.20. The van der Waals surface area contributed by atoms with Crippen molar-refractivity contribution < 1.29 is 0 Å². The summed E-state index contributed by atoms with van der Waals surface area (Å²) in [6.07, 6.45) is 0. The molecule has 0 aliphatic heterocycles. The molecule has 0 unspecified atom stereocenters. The lowest BCUT2D eigenvalue weighted by Gasteiger charge is -2.21. The lowest BCUT2D eigenvalue weighted by molar-refractivity contribution is 0.591. The molecule has 0 fully saturated rings. The zero-order valence-corrected chi connectivity index (χ0v) is 12.4. The number of benzene rings is 1. The van der Waals surface area contributed by atoms with Gasteiger partial charge < -0.3 is 5.73 Å². The Morgan fingerprint density at radius 3 is 2.33 bits per heavy atom. The Morgan fingerprint density at radius 1 is 1.17 bits per heavy atom. The second kappa shape index (κ2) is 4.29. The van der Waals surface area contributed by atoms with Crippen molar-refractivity contribution in [3.05, 3.63) is 33.3 Å². The Balaban J connectivity index is 2.90. The maximum atomic E-state index is 6.33. The minimum atomic E-state index is -0.0785. The van der Waals surface area contributed by atoms with Gasteiger partial charge in [-0.3, -0.25) is 0 Å². The normalized spacial score (nSPS) is 12.1. The summed E-state index contributed by atoms with van der Waals surface area (Å²) >= 11 is 12.5. The van der Waals surface area contributed by atoms with Crippen LogP contribution in [0.3, 0.4) is 0 Å². The molecule has 2 rings (SSSR count). The maximum absolute atomic E-state index is 6.33. The molecule has 2 aromatic rings. The van der Waals surface area contributed by atoms with Gasteiger partial charge in [-0.05, 0) is 30.0 Å². The lowest BCUT2D eigenvalue weighted by atomic mass is 9.86. The van der Waals surface area contributed by atoms with Crippen molar-refractivity contribution in [1.82, 2.24) is 4.98 Å². The van der Waals surface area contributed by atoms with E-state index in [1.165, 1.54) is 0 Å². The number of fused-ring (bicyclic) bond motifs is 1. The van der Waals surface area contributed by atoms with E-state index in [1.807, 2.05) is 19.1 Å². The van der Waals surface area contributed by atoms with Gasteiger partial charge in [0.1, 0.15) is 5.82 Å². The van der Waals surface area contributed by atoms with Crippen molar-refractivity contribution in [2.75, 3.05) is 5.73 Å². The zero-order chi connectivity index (χ0) is 13.7. The minimum Gasteiger partial charge on any atom is -0.383 e. The summed E-state index contributed by atoms with van der Waals surface area (Å²) in [7, 11) is 0. The summed E-state index contributed by atoms with van der Waals surface area (Å²) in [5.74, 6) is 0.511. The van der Waals surface area contributed by atoms with E-state index in [0.29, 0.717) is 21.4 Å². The van der Waals surface area contributed by atoms with Crippen LogP contribution in [0.2, 0.25) is 10.0 Å². The summed E-state index contributed by atoms with van der Waals surface area (Å²) in [5, 5.41) is 2.13. The standard InChI is InChI=1S/C14H16Cl2N2/c1-7-5-10(15)12-8(11(7)16)6-9(13(17)18-12)14(2,3)4/h5-6H,1-4H3,(H2,17,18). The van der Waals surface area contributed by atoms with E-state index in [2.05, 4.69) is 25.8 Å². The average molecular weight is 283 g/mol. The van der Waals surface area contributed by atoms with Crippen LogP contribution in [0.25, 0.3) is 10.9 Å². The largest absolute Gasteiger partial charge is 0.383 e. The zero-order valence-electron chi connectivity index (χ0n) is 10.9. The number of aromatic nitrogens is 1. The molecule has 0 saturated carbocycles. The molecule has 0 bridgehead atoms. The Kier molecular flexibility index (Phi) is 3.20. The Morgan fingerprint density at radius 2 is 1.78 bits per heavy atom. The van der Waals surface area contributed by atoms with E-state index in [4.69, 9.17) is 28.9 Å². The van der Waals surface area contributed by atoms with E-state index >= 15 is 0 Å². The first-order valence-corrected chi connectivity index (χ1v) is 6.52. The summed E-state index contributed by atoms with van der Waals surface area (Å²) < 4.78 is 0.